The van der Waals surface area contributed by atoms with Crippen molar-refractivity contribution in [1.29, 1.82) is 5.26 Å². The minimum absolute atomic E-state index is 0.585. The van der Waals surface area contributed by atoms with Crippen LogP contribution in [0.1, 0.15) is 16.7 Å². The summed E-state index contributed by atoms with van der Waals surface area (Å²) in [6.07, 6.45) is 0. The van der Waals surface area contributed by atoms with Gasteiger partial charge in [-0.2, -0.15) is 5.26 Å². The number of ether oxygens (including phenoxy) is 2. The maximum absolute atomic E-state index is 8.89. The summed E-state index contributed by atoms with van der Waals surface area (Å²) < 4.78 is 10.4. The molecule has 21 heavy (non-hydrogen) atoms. The highest BCUT2D eigenvalue weighted by molar-refractivity contribution is 5.59. The van der Waals surface area contributed by atoms with Crippen molar-refractivity contribution in [2.45, 2.75) is 13.2 Å². The lowest BCUT2D eigenvalue weighted by Crippen LogP contribution is -2.02. The van der Waals surface area contributed by atoms with Crippen LogP contribution in [0.4, 0.5) is 5.69 Å². The summed E-state index contributed by atoms with van der Waals surface area (Å²) in [4.78, 5) is 0. The van der Waals surface area contributed by atoms with Crippen molar-refractivity contribution in [3.63, 3.8) is 0 Å². The predicted octanol–water partition coefficient (Wildman–Crippen LogP) is 3.33. The zero-order valence-electron chi connectivity index (χ0n) is 12.2. The molecule has 0 saturated carbocycles. The fraction of sp³-hybridized carbons (Fsp3) is 0.235. The number of nitrogens with one attached hydrogen (secondary N) is 1. The average Bonchev–Trinajstić information content (AvgIpc) is 2.54. The predicted molar refractivity (Wildman–Crippen MR) is 82.2 cm³/mol. The van der Waals surface area contributed by atoms with Crippen molar-refractivity contribution in [3.05, 3.63) is 59.2 Å². The molecular formula is C17H18N2O2. The molecule has 0 bridgehead atoms. The first-order chi connectivity index (χ1) is 10.3. The second kappa shape index (κ2) is 7.32. The molecule has 0 saturated heterocycles. The monoisotopic (exact) mass is 282 g/mol. The van der Waals surface area contributed by atoms with Crippen molar-refractivity contribution >= 4 is 5.69 Å². The Morgan fingerprint density at radius 3 is 2.38 bits per heavy atom. The van der Waals surface area contributed by atoms with E-state index in [1.54, 1.807) is 26.4 Å². The van der Waals surface area contributed by atoms with Crippen LogP contribution in [0.3, 0.4) is 0 Å². The molecule has 0 aliphatic heterocycles. The number of benzene rings is 2. The Kier molecular flexibility index (Phi) is 5.19. The molecule has 2 aromatic rings. The van der Waals surface area contributed by atoms with Crippen molar-refractivity contribution in [3.8, 4) is 11.8 Å². The number of nitriles is 1. The van der Waals surface area contributed by atoms with E-state index in [0.29, 0.717) is 24.5 Å². The van der Waals surface area contributed by atoms with Gasteiger partial charge in [-0.1, -0.05) is 24.3 Å². The van der Waals surface area contributed by atoms with Gasteiger partial charge in [0.15, 0.2) is 0 Å². The van der Waals surface area contributed by atoms with E-state index in [-0.39, 0.29) is 0 Å². The van der Waals surface area contributed by atoms with E-state index >= 15 is 0 Å². The molecule has 0 aliphatic carbocycles. The van der Waals surface area contributed by atoms with Gasteiger partial charge in [0, 0.05) is 19.7 Å². The molecule has 0 radical (unpaired) electrons. The molecule has 4 nitrogen and oxygen atoms in total. The van der Waals surface area contributed by atoms with Crippen LogP contribution >= 0.6 is 0 Å². The standard InChI is InChI=1S/C17H18N2O2/c1-20-12-14-5-3-13(4-6-14)11-19-16-8-7-15(10-18)9-17(16)21-2/h3-9,19H,11-12H2,1-2H3. The van der Waals surface area contributed by atoms with Gasteiger partial charge in [0.25, 0.3) is 0 Å². The van der Waals surface area contributed by atoms with E-state index in [1.807, 2.05) is 6.07 Å². The zero-order valence-corrected chi connectivity index (χ0v) is 12.2. The molecular weight excluding hydrogens is 264 g/mol. The van der Waals surface area contributed by atoms with Crippen molar-refractivity contribution in [1.82, 2.24) is 0 Å². The minimum Gasteiger partial charge on any atom is -0.495 e. The Bertz CT molecular complexity index is 630. The Morgan fingerprint density at radius 2 is 1.76 bits per heavy atom. The molecule has 1 N–H and O–H groups in total. The fourth-order valence-corrected chi connectivity index (χ4v) is 2.02. The van der Waals surface area contributed by atoms with Crippen molar-refractivity contribution in [2.75, 3.05) is 19.5 Å². The zero-order chi connectivity index (χ0) is 15.1. The van der Waals surface area contributed by atoms with Gasteiger partial charge < -0.3 is 14.8 Å². The van der Waals surface area contributed by atoms with E-state index < -0.39 is 0 Å². The summed E-state index contributed by atoms with van der Waals surface area (Å²) in [7, 11) is 3.29. The number of hydrogen-bond acceptors (Lipinski definition) is 4. The lowest BCUT2D eigenvalue weighted by atomic mass is 10.1. The highest BCUT2D eigenvalue weighted by Crippen LogP contribution is 2.25. The third kappa shape index (κ3) is 3.98. The van der Waals surface area contributed by atoms with Gasteiger partial charge in [0.05, 0.1) is 31.0 Å². The van der Waals surface area contributed by atoms with Crippen LogP contribution in [0.15, 0.2) is 42.5 Å². The first kappa shape index (κ1) is 14.9. The number of nitrogens with zero attached hydrogens (tertiary/aromatic N) is 1. The fourth-order valence-electron chi connectivity index (χ4n) is 2.02. The summed E-state index contributed by atoms with van der Waals surface area (Å²) in [6.45, 7) is 1.31. The molecule has 0 aliphatic rings. The highest BCUT2D eigenvalue weighted by atomic mass is 16.5. The molecule has 0 aromatic heterocycles. The van der Waals surface area contributed by atoms with E-state index in [9.17, 15) is 0 Å². The highest BCUT2D eigenvalue weighted by Gasteiger charge is 2.04. The molecule has 108 valence electrons. The average molecular weight is 282 g/mol. The Hall–Kier alpha value is -2.51. The van der Waals surface area contributed by atoms with E-state index in [2.05, 4.69) is 35.7 Å². The summed E-state index contributed by atoms with van der Waals surface area (Å²) >= 11 is 0. The van der Waals surface area contributed by atoms with Crippen LogP contribution in [0.5, 0.6) is 5.75 Å². The van der Waals surface area contributed by atoms with Gasteiger partial charge in [-0.15, -0.1) is 0 Å². The molecule has 2 rings (SSSR count). The van der Waals surface area contributed by atoms with Crippen LogP contribution < -0.4 is 10.1 Å². The first-order valence-electron chi connectivity index (χ1n) is 6.65. The number of anilines is 1. The smallest absolute Gasteiger partial charge is 0.143 e. The molecule has 0 unspecified atom stereocenters. The van der Waals surface area contributed by atoms with Crippen molar-refractivity contribution in [2.24, 2.45) is 0 Å². The third-order valence-corrected chi connectivity index (χ3v) is 3.15. The number of hydrogen-bond donors (Lipinski definition) is 1. The molecule has 0 atom stereocenters. The molecule has 2 aromatic carbocycles. The third-order valence-electron chi connectivity index (χ3n) is 3.15. The van der Waals surface area contributed by atoms with Gasteiger partial charge in [0.1, 0.15) is 5.75 Å². The van der Waals surface area contributed by atoms with E-state index in [4.69, 9.17) is 14.7 Å². The van der Waals surface area contributed by atoms with Crippen LogP contribution in [0.25, 0.3) is 0 Å². The van der Waals surface area contributed by atoms with Crippen molar-refractivity contribution < 1.29 is 9.47 Å². The number of methoxy groups -OCH3 is 2. The lowest BCUT2D eigenvalue weighted by Gasteiger charge is -2.11. The second-order valence-electron chi connectivity index (χ2n) is 4.63. The minimum atomic E-state index is 0.585. The Morgan fingerprint density at radius 1 is 1.05 bits per heavy atom. The van der Waals surface area contributed by atoms with Crippen LogP contribution in [0, 0.1) is 11.3 Å². The van der Waals surface area contributed by atoms with Gasteiger partial charge in [-0.05, 0) is 23.3 Å². The molecule has 0 amide bonds. The van der Waals surface area contributed by atoms with Gasteiger partial charge in [0.2, 0.25) is 0 Å². The number of rotatable bonds is 6. The van der Waals surface area contributed by atoms with Crippen LogP contribution in [-0.2, 0) is 17.9 Å². The Labute approximate surface area is 124 Å². The summed E-state index contributed by atoms with van der Waals surface area (Å²) in [6, 6.07) is 15.7. The second-order valence-corrected chi connectivity index (χ2v) is 4.63. The normalized spacial score (nSPS) is 9.95. The van der Waals surface area contributed by atoms with E-state index in [1.165, 1.54) is 5.56 Å². The van der Waals surface area contributed by atoms with Gasteiger partial charge in [-0.25, -0.2) is 0 Å². The van der Waals surface area contributed by atoms with Gasteiger partial charge in [-0.3, -0.25) is 0 Å². The molecule has 0 spiro atoms. The lowest BCUT2D eigenvalue weighted by molar-refractivity contribution is 0.185. The summed E-state index contributed by atoms with van der Waals surface area (Å²) in [5.41, 5.74) is 3.78. The summed E-state index contributed by atoms with van der Waals surface area (Å²) in [5, 5.41) is 12.2. The van der Waals surface area contributed by atoms with E-state index in [0.717, 1.165) is 11.3 Å². The largest absolute Gasteiger partial charge is 0.495 e. The quantitative estimate of drug-likeness (QED) is 0.883. The molecule has 0 heterocycles. The van der Waals surface area contributed by atoms with Crippen LogP contribution in [0.2, 0.25) is 0 Å². The molecule has 4 heteroatoms. The Balaban J connectivity index is 2.04. The van der Waals surface area contributed by atoms with Gasteiger partial charge >= 0.3 is 0 Å². The summed E-state index contributed by atoms with van der Waals surface area (Å²) in [5.74, 6) is 0.671. The van der Waals surface area contributed by atoms with Crippen LogP contribution in [-0.4, -0.2) is 14.2 Å². The topological polar surface area (TPSA) is 54.3 Å². The first-order valence-corrected chi connectivity index (χ1v) is 6.65. The maximum Gasteiger partial charge on any atom is 0.143 e. The SMILES string of the molecule is COCc1ccc(CNc2ccc(C#N)cc2OC)cc1. The molecule has 0 fully saturated rings. The maximum atomic E-state index is 8.89.